The lowest BCUT2D eigenvalue weighted by Gasteiger charge is -2.07. The highest BCUT2D eigenvalue weighted by Crippen LogP contribution is 2.26. The Morgan fingerprint density at radius 1 is 1.22 bits per heavy atom. The number of allylic oxidation sites excluding steroid dienone is 1. The van der Waals surface area contributed by atoms with E-state index < -0.39 is 5.91 Å². The largest absolute Gasteiger partial charge is 0.383 e. The van der Waals surface area contributed by atoms with Gasteiger partial charge in [-0.15, -0.1) is 23.0 Å². The van der Waals surface area contributed by atoms with Gasteiger partial charge in [-0.25, -0.2) is 5.43 Å². The Labute approximate surface area is 198 Å². The Bertz CT molecular complexity index is 1390. The molecule has 0 aliphatic rings. The van der Waals surface area contributed by atoms with E-state index >= 15 is 0 Å². The zero-order valence-corrected chi connectivity index (χ0v) is 19.8. The number of carbonyl (C=O) groups is 1. The van der Waals surface area contributed by atoms with Crippen molar-refractivity contribution in [2.45, 2.75) is 13.5 Å². The summed E-state index contributed by atoms with van der Waals surface area (Å²) < 4.78 is 4.19. The van der Waals surface area contributed by atoms with Crippen LogP contribution in [0.25, 0.3) is 16.9 Å². The van der Waals surface area contributed by atoms with Gasteiger partial charge in [-0.2, -0.15) is 0 Å². The molecule has 0 aliphatic heterocycles. The van der Waals surface area contributed by atoms with Crippen LogP contribution < -0.4 is 16.0 Å². The van der Waals surface area contributed by atoms with Gasteiger partial charge in [-0.05, 0) is 36.8 Å². The molecule has 0 fully saturated rings. The Hall–Kier alpha value is -3.27. The fourth-order valence-corrected chi connectivity index (χ4v) is 5.33. The van der Waals surface area contributed by atoms with E-state index in [1.807, 2.05) is 40.3 Å². The summed E-state index contributed by atoms with van der Waals surface area (Å²) in [4.78, 5) is 13.8. The number of hydrogen-bond acceptors (Lipinski definition) is 6. The van der Waals surface area contributed by atoms with E-state index in [0.29, 0.717) is 26.0 Å². The second-order valence-electron chi connectivity index (χ2n) is 6.97. The Morgan fingerprint density at radius 3 is 2.62 bits per heavy atom. The maximum absolute atomic E-state index is 12.9. The summed E-state index contributed by atoms with van der Waals surface area (Å²) >= 11 is 8.04. The first kappa shape index (κ1) is 21.9. The second kappa shape index (κ2) is 9.47. The first-order chi connectivity index (χ1) is 15.5. The van der Waals surface area contributed by atoms with E-state index in [1.54, 1.807) is 10.6 Å². The summed E-state index contributed by atoms with van der Waals surface area (Å²) in [6.07, 6.45) is 1.80. The van der Waals surface area contributed by atoms with Gasteiger partial charge in [0.05, 0.1) is 5.69 Å². The predicted octanol–water partition coefficient (Wildman–Crippen LogP) is 5.12. The lowest BCUT2D eigenvalue weighted by atomic mass is 10.1. The third-order valence-corrected chi connectivity index (χ3v) is 7.03. The first-order valence-electron chi connectivity index (χ1n) is 9.76. The molecule has 0 unspecified atom stereocenters. The molecule has 32 heavy (non-hydrogen) atoms. The van der Waals surface area contributed by atoms with Crippen LogP contribution >= 0.6 is 34.9 Å². The van der Waals surface area contributed by atoms with E-state index in [-0.39, 0.29) is 0 Å². The Balaban J connectivity index is 1.65. The fraction of sp³-hybridized carbons (Fsp3) is 0.0870. The number of rotatable bonds is 6. The van der Waals surface area contributed by atoms with Crippen molar-refractivity contribution in [3.8, 4) is 16.9 Å². The van der Waals surface area contributed by atoms with E-state index in [9.17, 15) is 4.79 Å². The third-order valence-electron chi connectivity index (χ3n) is 4.78. The van der Waals surface area contributed by atoms with Crippen LogP contribution in [0.1, 0.15) is 15.2 Å². The van der Waals surface area contributed by atoms with Crippen LogP contribution in [0.3, 0.4) is 0 Å². The minimum absolute atomic E-state index is 0.296. The molecule has 2 heterocycles. The van der Waals surface area contributed by atoms with Crippen LogP contribution in [-0.2, 0) is 6.54 Å². The summed E-state index contributed by atoms with van der Waals surface area (Å²) in [6.45, 7) is 6.46. The lowest BCUT2D eigenvalue weighted by molar-refractivity contribution is 0.0957. The van der Waals surface area contributed by atoms with Crippen molar-refractivity contribution in [2.24, 2.45) is 5.10 Å². The molecule has 4 rings (SSSR count). The van der Waals surface area contributed by atoms with Crippen molar-refractivity contribution >= 4 is 46.6 Å². The molecule has 2 aromatic heterocycles. The van der Waals surface area contributed by atoms with Crippen molar-refractivity contribution in [2.75, 3.05) is 5.73 Å². The second-order valence-corrected chi connectivity index (χ2v) is 9.46. The van der Waals surface area contributed by atoms with Crippen molar-refractivity contribution in [3.05, 3.63) is 91.8 Å². The number of nitrogens with two attached hydrogens (primary N) is 1. The molecule has 3 N–H and O–H groups in total. The number of anilines is 1. The summed E-state index contributed by atoms with van der Waals surface area (Å²) in [6, 6.07) is 17.7. The number of hydrogen-bond donors (Lipinski definition) is 2. The molecular weight excluding hydrogens is 458 g/mol. The molecule has 0 aliphatic carbocycles. The van der Waals surface area contributed by atoms with Gasteiger partial charge in [0.1, 0.15) is 10.7 Å². The molecule has 162 valence electrons. The van der Waals surface area contributed by atoms with Gasteiger partial charge in [0.2, 0.25) is 4.80 Å². The maximum atomic E-state index is 12.9. The van der Waals surface area contributed by atoms with Crippen molar-refractivity contribution in [1.29, 1.82) is 0 Å². The number of benzene rings is 2. The molecule has 0 saturated carbocycles. The molecule has 1 amide bonds. The van der Waals surface area contributed by atoms with Crippen LogP contribution in [0.5, 0.6) is 0 Å². The molecule has 0 spiro atoms. The third kappa shape index (κ3) is 4.36. The van der Waals surface area contributed by atoms with Crippen molar-refractivity contribution < 1.29 is 4.79 Å². The molecule has 0 saturated heterocycles. The molecule has 0 atom stereocenters. The number of nitrogen functional groups attached to an aromatic ring is 1. The fourth-order valence-electron chi connectivity index (χ4n) is 3.20. The average Bonchev–Trinajstić information content (AvgIpc) is 3.33. The van der Waals surface area contributed by atoms with Crippen LogP contribution in [0.15, 0.2) is 77.7 Å². The number of thiazole rings is 2. The SMILES string of the molecule is C=CCn1c(-c2ccc(C)cc2)cs/c1=N\NC(=O)c1sc(=S)n(-c2ccccc2)c1N. The smallest absolute Gasteiger partial charge is 0.285 e. The normalized spacial score (nSPS) is 11.5. The first-order valence-corrected chi connectivity index (χ1v) is 11.9. The van der Waals surface area contributed by atoms with Crippen LogP contribution in [0.2, 0.25) is 0 Å². The maximum Gasteiger partial charge on any atom is 0.285 e. The summed E-state index contributed by atoms with van der Waals surface area (Å²) in [5.74, 6) is -0.104. The molecule has 4 aromatic rings. The predicted molar refractivity (Wildman–Crippen MR) is 135 cm³/mol. The molecule has 6 nitrogen and oxygen atoms in total. The monoisotopic (exact) mass is 479 g/mol. The highest BCUT2D eigenvalue weighted by Gasteiger charge is 2.18. The van der Waals surface area contributed by atoms with E-state index in [1.165, 1.54) is 16.9 Å². The summed E-state index contributed by atoms with van der Waals surface area (Å²) in [7, 11) is 0. The van der Waals surface area contributed by atoms with Crippen LogP contribution in [-0.4, -0.2) is 15.0 Å². The van der Waals surface area contributed by atoms with Gasteiger partial charge in [0.25, 0.3) is 5.91 Å². The molecule has 0 radical (unpaired) electrons. The number of aryl methyl sites for hydroxylation is 1. The van der Waals surface area contributed by atoms with Crippen molar-refractivity contribution in [1.82, 2.24) is 14.6 Å². The Kier molecular flexibility index (Phi) is 6.50. The summed E-state index contributed by atoms with van der Waals surface area (Å²) in [5, 5.41) is 6.38. The zero-order chi connectivity index (χ0) is 22.7. The zero-order valence-electron chi connectivity index (χ0n) is 17.3. The van der Waals surface area contributed by atoms with E-state index in [4.69, 9.17) is 18.0 Å². The van der Waals surface area contributed by atoms with Crippen molar-refractivity contribution in [3.63, 3.8) is 0 Å². The minimum Gasteiger partial charge on any atom is -0.383 e. The standard InChI is InChI=1S/C23H21N5OS3/c1-3-13-27-18(16-11-9-15(2)10-12-16)14-31-22(27)26-25-21(29)19-20(24)28(23(30)32-19)17-7-5-4-6-8-17/h3-12,14H,1,13,24H2,2H3,(H,25,29)/b26-22-. The van der Waals surface area contributed by atoms with Gasteiger partial charge in [0, 0.05) is 17.6 Å². The molecule has 9 heteroatoms. The van der Waals surface area contributed by atoms with Crippen LogP contribution in [0, 0.1) is 10.9 Å². The lowest BCUT2D eigenvalue weighted by Crippen LogP contribution is -2.24. The summed E-state index contributed by atoms with van der Waals surface area (Å²) in [5.41, 5.74) is 13.0. The number of amides is 1. The number of nitrogens with one attached hydrogen (secondary N) is 1. The van der Waals surface area contributed by atoms with E-state index in [0.717, 1.165) is 28.3 Å². The molecule has 2 aromatic carbocycles. The number of nitrogens with zero attached hydrogens (tertiary/aromatic N) is 3. The topological polar surface area (TPSA) is 77.3 Å². The van der Waals surface area contributed by atoms with Gasteiger partial charge in [0.15, 0.2) is 3.95 Å². The average molecular weight is 480 g/mol. The van der Waals surface area contributed by atoms with Gasteiger partial charge >= 0.3 is 0 Å². The number of para-hydroxylation sites is 1. The highest BCUT2D eigenvalue weighted by molar-refractivity contribution is 7.73. The number of aromatic nitrogens is 2. The highest BCUT2D eigenvalue weighted by atomic mass is 32.1. The van der Waals surface area contributed by atoms with Gasteiger partial charge < -0.3 is 10.3 Å². The molecular formula is C23H21N5OS3. The quantitative estimate of drug-likeness (QED) is 0.229. The van der Waals surface area contributed by atoms with E-state index in [2.05, 4.69) is 48.3 Å². The molecule has 0 bridgehead atoms. The van der Waals surface area contributed by atoms with Gasteiger partial charge in [-0.1, -0.05) is 65.4 Å². The van der Waals surface area contributed by atoms with Gasteiger partial charge in [-0.3, -0.25) is 9.36 Å². The van der Waals surface area contributed by atoms with Crippen LogP contribution in [0.4, 0.5) is 5.82 Å². The Morgan fingerprint density at radius 2 is 1.94 bits per heavy atom. The minimum atomic E-state index is -0.399. The number of carbonyl (C=O) groups excluding carboxylic acids is 1.